The van der Waals surface area contributed by atoms with Gasteiger partial charge < -0.3 is 9.84 Å². The van der Waals surface area contributed by atoms with E-state index in [4.69, 9.17) is 9.84 Å². The van der Waals surface area contributed by atoms with E-state index in [0.29, 0.717) is 5.75 Å². The molecule has 0 aliphatic heterocycles. The molecule has 0 aromatic heterocycles. The van der Waals surface area contributed by atoms with Crippen LogP contribution in [0.3, 0.4) is 0 Å². The summed E-state index contributed by atoms with van der Waals surface area (Å²) < 4.78 is 32.8. The Morgan fingerprint density at radius 3 is 2.52 bits per heavy atom. The first-order valence-corrected chi connectivity index (χ1v) is 8.19. The minimum Gasteiger partial charge on any atom is -0.497 e. The van der Waals surface area contributed by atoms with E-state index in [2.05, 4.69) is 0 Å². The van der Waals surface area contributed by atoms with Crippen molar-refractivity contribution in [3.05, 3.63) is 29.8 Å². The predicted octanol–water partition coefficient (Wildman–Crippen LogP) is 1.07. The molecule has 120 valence electrons. The maximum atomic E-state index is 12.5. The van der Waals surface area contributed by atoms with E-state index < -0.39 is 10.2 Å². The third kappa shape index (κ3) is 4.67. The molecule has 0 radical (unpaired) electrons. The second kappa shape index (κ2) is 7.74. The van der Waals surface area contributed by atoms with Crippen molar-refractivity contribution in [1.29, 1.82) is 0 Å². The summed E-state index contributed by atoms with van der Waals surface area (Å²) in [6, 6.07) is 7.07. The van der Waals surface area contributed by atoms with Gasteiger partial charge in [0.25, 0.3) is 10.2 Å². The molecule has 1 N–H and O–H groups in total. The monoisotopic (exact) mass is 316 g/mol. The lowest BCUT2D eigenvalue weighted by molar-refractivity contribution is 0.227. The minimum atomic E-state index is -3.61. The lowest BCUT2D eigenvalue weighted by Crippen LogP contribution is -2.46. The van der Waals surface area contributed by atoms with Crippen molar-refractivity contribution in [1.82, 2.24) is 8.61 Å². The van der Waals surface area contributed by atoms with Crippen molar-refractivity contribution in [3.8, 4) is 5.75 Å². The second-order valence-corrected chi connectivity index (χ2v) is 7.03. The van der Waals surface area contributed by atoms with Gasteiger partial charge in [0.1, 0.15) is 5.75 Å². The van der Waals surface area contributed by atoms with E-state index in [1.165, 1.54) is 15.7 Å². The van der Waals surface area contributed by atoms with Crippen LogP contribution in [0.25, 0.3) is 0 Å². The molecule has 0 bridgehead atoms. The lowest BCUT2D eigenvalue weighted by atomic mass is 10.2. The summed E-state index contributed by atoms with van der Waals surface area (Å²) in [7, 11) is -0.514. The highest BCUT2D eigenvalue weighted by atomic mass is 32.2. The van der Waals surface area contributed by atoms with Gasteiger partial charge in [-0.25, -0.2) is 0 Å². The molecular weight excluding hydrogens is 292 g/mol. The Bertz CT molecular complexity index is 546. The number of nitrogens with zero attached hydrogens (tertiary/aromatic N) is 2. The zero-order chi connectivity index (χ0) is 16.0. The Kier molecular flexibility index (Phi) is 6.60. The summed E-state index contributed by atoms with van der Waals surface area (Å²) in [6.45, 7) is 3.69. The largest absolute Gasteiger partial charge is 0.497 e. The van der Waals surface area contributed by atoms with E-state index in [0.717, 1.165) is 5.56 Å². The van der Waals surface area contributed by atoms with Gasteiger partial charge in [-0.2, -0.15) is 17.0 Å². The van der Waals surface area contributed by atoms with Crippen molar-refractivity contribution in [3.63, 3.8) is 0 Å². The van der Waals surface area contributed by atoms with Crippen LogP contribution in [-0.4, -0.2) is 55.5 Å². The molecule has 21 heavy (non-hydrogen) atoms. The van der Waals surface area contributed by atoms with Crippen LogP contribution in [-0.2, 0) is 16.8 Å². The average Bonchev–Trinajstić information content (AvgIpc) is 2.44. The zero-order valence-electron chi connectivity index (χ0n) is 13.0. The van der Waals surface area contributed by atoms with Crippen molar-refractivity contribution in [2.45, 2.75) is 26.4 Å². The zero-order valence-corrected chi connectivity index (χ0v) is 13.8. The summed E-state index contributed by atoms with van der Waals surface area (Å²) in [5.41, 5.74) is 0.841. The molecule has 1 aromatic carbocycles. The smallest absolute Gasteiger partial charge is 0.282 e. The number of aliphatic hydroxyl groups excluding tert-OH is 1. The molecule has 0 unspecified atom stereocenters. The molecule has 0 amide bonds. The quantitative estimate of drug-likeness (QED) is 0.779. The third-order valence-electron chi connectivity index (χ3n) is 3.13. The van der Waals surface area contributed by atoms with Crippen LogP contribution >= 0.6 is 0 Å². The normalized spacial score (nSPS) is 12.4. The summed E-state index contributed by atoms with van der Waals surface area (Å²) in [5, 5.41) is 9.05. The summed E-state index contributed by atoms with van der Waals surface area (Å²) in [5.74, 6) is 0.689. The first kappa shape index (κ1) is 17.9. The standard InChI is InChI=1S/C14H24N2O4S/c1-12(2)16(8-9-17)21(18,19)15(3)11-13-6-5-7-14(10-13)20-4/h5-7,10,12,17H,8-9,11H2,1-4H3. The molecule has 0 fully saturated rings. The van der Waals surface area contributed by atoms with Crippen molar-refractivity contribution in [2.75, 3.05) is 27.3 Å². The summed E-state index contributed by atoms with van der Waals surface area (Å²) in [6.07, 6.45) is 0. The Labute approximate surface area is 127 Å². The Hall–Kier alpha value is -1.15. The van der Waals surface area contributed by atoms with Gasteiger partial charge >= 0.3 is 0 Å². The molecule has 1 rings (SSSR count). The first-order valence-electron chi connectivity index (χ1n) is 6.79. The molecule has 0 saturated heterocycles. The predicted molar refractivity (Wildman–Crippen MR) is 82.3 cm³/mol. The molecule has 0 heterocycles. The van der Waals surface area contributed by atoms with E-state index in [1.54, 1.807) is 27.0 Å². The van der Waals surface area contributed by atoms with Crippen molar-refractivity contribution >= 4 is 10.2 Å². The van der Waals surface area contributed by atoms with Gasteiger partial charge in [0.2, 0.25) is 0 Å². The number of aliphatic hydroxyl groups is 1. The van der Waals surface area contributed by atoms with Gasteiger partial charge in [0.05, 0.1) is 13.7 Å². The van der Waals surface area contributed by atoms with E-state index in [9.17, 15) is 8.42 Å². The van der Waals surface area contributed by atoms with Crippen LogP contribution in [0.4, 0.5) is 0 Å². The molecule has 0 saturated carbocycles. The topological polar surface area (TPSA) is 70.1 Å². The van der Waals surface area contributed by atoms with Gasteiger partial charge in [-0.3, -0.25) is 0 Å². The highest BCUT2D eigenvalue weighted by Crippen LogP contribution is 2.17. The Morgan fingerprint density at radius 2 is 2.00 bits per heavy atom. The number of rotatable bonds is 8. The summed E-state index contributed by atoms with van der Waals surface area (Å²) >= 11 is 0. The fourth-order valence-electron chi connectivity index (χ4n) is 2.03. The van der Waals surface area contributed by atoms with Crippen LogP contribution < -0.4 is 4.74 Å². The maximum Gasteiger partial charge on any atom is 0.282 e. The van der Waals surface area contributed by atoms with Crippen LogP contribution in [0.1, 0.15) is 19.4 Å². The van der Waals surface area contributed by atoms with Crippen molar-refractivity contribution < 1.29 is 18.3 Å². The van der Waals surface area contributed by atoms with Crippen LogP contribution in [0, 0.1) is 0 Å². The van der Waals surface area contributed by atoms with Gasteiger partial charge in [0, 0.05) is 26.2 Å². The molecule has 0 aliphatic rings. The number of ether oxygens (including phenoxy) is 1. The van der Waals surface area contributed by atoms with Crippen LogP contribution in [0.2, 0.25) is 0 Å². The van der Waals surface area contributed by atoms with Gasteiger partial charge in [0.15, 0.2) is 0 Å². The summed E-state index contributed by atoms with van der Waals surface area (Å²) in [4.78, 5) is 0. The molecule has 0 aliphatic carbocycles. The SMILES string of the molecule is COc1cccc(CN(C)S(=O)(=O)N(CCO)C(C)C)c1. The van der Waals surface area contributed by atoms with E-state index in [1.807, 2.05) is 18.2 Å². The maximum absolute atomic E-state index is 12.5. The lowest BCUT2D eigenvalue weighted by Gasteiger charge is -2.30. The molecule has 1 aromatic rings. The van der Waals surface area contributed by atoms with E-state index in [-0.39, 0.29) is 25.7 Å². The van der Waals surface area contributed by atoms with Gasteiger partial charge in [-0.15, -0.1) is 0 Å². The van der Waals surface area contributed by atoms with Gasteiger partial charge in [-0.1, -0.05) is 12.1 Å². The fourth-order valence-corrected chi connectivity index (χ4v) is 3.54. The Balaban J connectivity index is 2.91. The van der Waals surface area contributed by atoms with Gasteiger partial charge in [-0.05, 0) is 31.5 Å². The van der Waals surface area contributed by atoms with Crippen molar-refractivity contribution in [2.24, 2.45) is 0 Å². The molecule has 0 spiro atoms. The number of benzene rings is 1. The van der Waals surface area contributed by atoms with Crippen LogP contribution in [0.5, 0.6) is 5.75 Å². The minimum absolute atomic E-state index is 0.0858. The molecule has 0 atom stereocenters. The third-order valence-corrected chi connectivity index (χ3v) is 5.24. The second-order valence-electron chi connectivity index (χ2n) is 5.04. The first-order chi connectivity index (χ1) is 9.82. The highest BCUT2D eigenvalue weighted by molar-refractivity contribution is 7.86. The highest BCUT2D eigenvalue weighted by Gasteiger charge is 2.28. The average molecular weight is 316 g/mol. The van der Waals surface area contributed by atoms with Crippen LogP contribution in [0.15, 0.2) is 24.3 Å². The number of hydrogen-bond donors (Lipinski definition) is 1. The molecule has 6 nitrogen and oxygen atoms in total. The van der Waals surface area contributed by atoms with E-state index >= 15 is 0 Å². The number of hydrogen-bond acceptors (Lipinski definition) is 4. The number of methoxy groups -OCH3 is 1. The molecular formula is C14H24N2O4S. The Morgan fingerprint density at radius 1 is 1.33 bits per heavy atom. The molecule has 7 heteroatoms. The fraction of sp³-hybridized carbons (Fsp3) is 0.571.